The maximum Gasteiger partial charge on any atom is 0.524 e. The number of hydrogen-bond acceptors (Lipinski definition) is 6. The number of rotatable bonds is 5. The van der Waals surface area contributed by atoms with Crippen molar-refractivity contribution in [1.29, 1.82) is 0 Å². The van der Waals surface area contributed by atoms with Gasteiger partial charge >= 0.3 is 14.1 Å². The van der Waals surface area contributed by atoms with Gasteiger partial charge in [-0.15, -0.1) is 0 Å². The summed E-state index contributed by atoms with van der Waals surface area (Å²) < 4.78 is 16.2. The van der Waals surface area contributed by atoms with Crippen LogP contribution < -0.4 is 5.73 Å². The van der Waals surface area contributed by atoms with Crippen LogP contribution in [0.25, 0.3) is 0 Å². The molecular formula is C14H19N3O6P+. The normalized spacial score (nSPS) is 17.2. The van der Waals surface area contributed by atoms with Crippen LogP contribution in [0.2, 0.25) is 0 Å². The number of nitro groups is 1. The number of non-ortho nitro benzene ring substituents is 1. The number of carbonyl (C=O) groups is 1. The Morgan fingerprint density at radius 1 is 1.42 bits per heavy atom. The van der Waals surface area contributed by atoms with Gasteiger partial charge in [-0.3, -0.25) is 15.8 Å². The number of nitro benzene ring substituents is 1. The number of amides is 1. The topological polar surface area (TPSA) is 136 Å². The van der Waals surface area contributed by atoms with Crippen molar-refractivity contribution in [3.05, 3.63) is 39.9 Å². The predicted molar refractivity (Wildman–Crippen MR) is 85.4 cm³/mol. The molecule has 2 atom stereocenters. The van der Waals surface area contributed by atoms with E-state index in [-0.39, 0.29) is 18.2 Å². The summed E-state index contributed by atoms with van der Waals surface area (Å²) in [6, 6.07) is 5.78. The van der Waals surface area contributed by atoms with Crippen molar-refractivity contribution in [3.63, 3.8) is 0 Å². The number of ether oxygens (including phenoxy) is 1. The van der Waals surface area contributed by atoms with Crippen LogP contribution in [0, 0.1) is 16.0 Å². The predicted octanol–water partition coefficient (Wildman–Crippen LogP) is 1.96. The maximum atomic E-state index is 12.0. The summed E-state index contributed by atoms with van der Waals surface area (Å²) >= 11 is 0. The quantitative estimate of drug-likeness (QED) is 0.467. The zero-order chi connectivity index (χ0) is 17.7. The summed E-state index contributed by atoms with van der Waals surface area (Å²) in [5, 5.41) is 10.6. The number of likely N-dealkylation sites (tertiary alicyclic amines) is 1. The third-order valence-corrected chi connectivity index (χ3v) is 4.98. The Balaban J connectivity index is 1.79. The van der Waals surface area contributed by atoms with Crippen molar-refractivity contribution in [2.75, 3.05) is 13.1 Å². The highest BCUT2D eigenvalue weighted by Crippen LogP contribution is 2.31. The highest BCUT2D eigenvalue weighted by atomic mass is 31.1. The number of nitrogens with zero attached hydrogens (tertiary/aromatic N) is 2. The van der Waals surface area contributed by atoms with E-state index in [4.69, 9.17) is 15.4 Å². The minimum Gasteiger partial charge on any atom is -0.445 e. The van der Waals surface area contributed by atoms with Crippen molar-refractivity contribution in [3.8, 4) is 0 Å². The van der Waals surface area contributed by atoms with Crippen LogP contribution in [0.4, 0.5) is 10.5 Å². The second kappa shape index (κ2) is 8.14. The van der Waals surface area contributed by atoms with Crippen LogP contribution in [0.5, 0.6) is 0 Å². The van der Waals surface area contributed by atoms with E-state index in [0.717, 1.165) is 0 Å². The SMILES string of the molecule is NC(C1CCN(C(=O)OCc2ccc([N+](=O)[O-])cc2)CC1)[P+](=O)O. The highest BCUT2D eigenvalue weighted by Gasteiger charge is 2.37. The van der Waals surface area contributed by atoms with Crippen LogP contribution >= 0.6 is 8.03 Å². The van der Waals surface area contributed by atoms with Crippen molar-refractivity contribution >= 4 is 19.8 Å². The zero-order valence-electron chi connectivity index (χ0n) is 12.9. The van der Waals surface area contributed by atoms with E-state index < -0.39 is 24.8 Å². The Morgan fingerprint density at radius 3 is 2.50 bits per heavy atom. The molecule has 0 aliphatic carbocycles. The Kier molecular flexibility index (Phi) is 6.19. The van der Waals surface area contributed by atoms with Crippen molar-refractivity contribution < 1.29 is 23.9 Å². The first-order chi connectivity index (χ1) is 11.4. The van der Waals surface area contributed by atoms with Crippen molar-refractivity contribution in [2.45, 2.75) is 25.2 Å². The number of piperidine rings is 1. The molecule has 1 aliphatic rings. The van der Waals surface area contributed by atoms with E-state index in [1.807, 2.05) is 0 Å². The van der Waals surface area contributed by atoms with Gasteiger partial charge in [0.15, 0.2) is 0 Å². The van der Waals surface area contributed by atoms with Gasteiger partial charge in [-0.2, -0.15) is 4.89 Å². The molecule has 24 heavy (non-hydrogen) atoms. The molecule has 0 spiro atoms. The van der Waals surface area contributed by atoms with Gasteiger partial charge in [-0.1, -0.05) is 0 Å². The first kappa shape index (κ1) is 18.3. The Hall–Kier alpha value is -2.09. The van der Waals surface area contributed by atoms with Gasteiger partial charge in [0, 0.05) is 31.1 Å². The number of benzene rings is 1. The third-order valence-electron chi connectivity index (χ3n) is 4.05. The van der Waals surface area contributed by atoms with Gasteiger partial charge < -0.3 is 9.64 Å². The fourth-order valence-corrected chi connectivity index (χ4v) is 3.21. The third kappa shape index (κ3) is 4.70. The van der Waals surface area contributed by atoms with Crippen LogP contribution in [-0.2, 0) is 15.9 Å². The molecule has 1 saturated heterocycles. The molecule has 1 fully saturated rings. The Morgan fingerprint density at radius 2 is 2.00 bits per heavy atom. The van der Waals surface area contributed by atoms with Crippen LogP contribution in [0.1, 0.15) is 18.4 Å². The molecule has 1 aliphatic heterocycles. The van der Waals surface area contributed by atoms with Crippen molar-refractivity contribution in [2.24, 2.45) is 11.7 Å². The Bertz CT molecular complexity index is 615. The molecule has 2 unspecified atom stereocenters. The summed E-state index contributed by atoms with van der Waals surface area (Å²) in [5.41, 5.74) is 6.30. The summed E-state index contributed by atoms with van der Waals surface area (Å²) in [7, 11) is -2.41. The molecule has 1 heterocycles. The summed E-state index contributed by atoms with van der Waals surface area (Å²) in [4.78, 5) is 32.7. The lowest BCUT2D eigenvalue weighted by molar-refractivity contribution is -0.384. The van der Waals surface area contributed by atoms with Gasteiger partial charge in [0.25, 0.3) is 5.69 Å². The Labute approximate surface area is 139 Å². The summed E-state index contributed by atoms with van der Waals surface area (Å²) in [6.45, 7) is 0.861. The molecule has 0 aromatic heterocycles. The molecule has 1 aromatic rings. The van der Waals surface area contributed by atoms with Gasteiger partial charge in [0.2, 0.25) is 5.78 Å². The highest BCUT2D eigenvalue weighted by molar-refractivity contribution is 7.38. The van der Waals surface area contributed by atoms with Crippen LogP contribution in [-0.4, -0.2) is 39.7 Å². The number of hydrogen-bond donors (Lipinski definition) is 2. The second-order valence-electron chi connectivity index (χ2n) is 5.60. The van der Waals surface area contributed by atoms with Crippen molar-refractivity contribution in [1.82, 2.24) is 4.90 Å². The molecule has 0 radical (unpaired) electrons. The van der Waals surface area contributed by atoms with E-state index in [9.17, 15) is 19.5 Å². The largest absolute Gasteiger partial charge is 0.524 e. The number of carbonyl (C=O) groups excluding carboxylic acids is 1. The van der Waals surface area contributed by atoms with Gasteiger partial charge in [-0.25, -0.2) is 4.79 Å². The molecule has 0 saturated carbocycles. The lowest BCUT2D eigenvalue weighted by Gasteiger charge is -2.30. The van der Waals surface area contributed by atoms with E-state index in [1.54, 1.807) is 0 Å². The molecule has 1 amide bonds. The summed E-state index contributed by atoms with van der Waals surface area (Å²) in [5.74, 6) is -0.851. The standard InChI is InChI=1S/C14H18N3O6P/c15-13(24(21)22)11-5-7-16(8-6-11)14(18)23-9-10-1-3-12(4-2-10)17(19)20/h1-4,11,13H,5-9,15H2/p+1. The minimum absolute atomic E-state index is 0.0225. The average molecular weight is 356 g/mol. The molecule has 9 nitrogen and oxygen atoms in total. The minimum atomic E-state index is -2.41. The molecule has 1 aromatic carbocycles. The maximum absolute atomic E-state index is 12.0. The zero-order valence-corrected chi connectivity index (χ0v) is 13.8. The molecule has 0 bridgehead atoms. The van der Waals surface area contributed by atoms with E-state index in [1.165, 1.54) is 29.2 Å². The first-order valence-corrected chi connectivity index (χ1v) is 8.72. The fourth-order valence-electron chi connectivity index (χ4n) is 2.55. The molecule has 130 valence electrons. The second-order valence-corrected chi connectivity index (χ2v) is 6.80. The lowest BCUT2D eigenvalue weighted by Crippen LogP contribution is -2.42. The molecule has 2 rings (SSSR count). The summed E-state index contributed by atoms with van der Waals surface area (Å²) in [6.07, 6.45) is 0.624. The number of nitrogens with two attached hydrogens (primary N) is 1. The van der Waals surface area contributed by atoms with E-state index >= 15 is 0 Å². The van der Waals surface area contributed by atoms with Crippen LogP contribution in [0.3, 0.4) is 0 Å². The average Bonchev–Trinajstić information content (AvgIpc) is 2.59. The lowest BCUT2D eigenvalue weighted by atomic mass is 9.97. The molecular weight excluding hydrogens is 337 g/mol. The molecule has 3 N–H and O–H groups in total. The van der Waals surface area contributed by atoms with Gasteiger partial charge in [0.05, 0.1) is 4.92 Å². The van der Waals surface area contributed by atoms with E-state index in [2.05, 4.69) is 0 Å². The fraction of sp³-hybridized carbons (Fsp3) is 0.500. The van der Waals surface area contributed by atoms with E-state index in [0.29, 0.717) is 31.5 Å². The first-order valence-electron chi connectivity index (χ1n) is 7.44. The monoisotopic (exact) mass is 356 g/mol. The molecule has 10 heteroatoms. The smallest absolute Gasteiger partial charge is 0.445 e. The van der Waals surface area contributed by atoms with Crippen LogP contribution in [0.15, 0.2) is 24.3 Å². The van der Waals surface area contributed by atoms with Gasteiger partial charge in [0.1, 0.15) is 6.61 Å². The van der Waals surface area contributed by atoms with Gasteiger partial charge in [-0.05, 0) is 35.1 Å².